The van der Waals surface area contributed by atoms with Gasteiger partial charge in [0.05, 0.1) is 11.8 Å². The van der Waals surface area contributed by atoms with Crippen molar-refractivity contribution in [1.82, 2.24) is 14.9 Å². The Bertz CT molecular complexity index is 829. The molecule has 3 amide bonds. The summed E-state index contributed by atoms with van der Waals surface area (Å²) in [6.07, 6.45) is 3.15. The average molecular weight is 423 g/mol. The zero-order valence-electron chi connectivity index (χ0n) is 17.0. The molecule has 0 aromatic heterocycles. The van der Waals surface area contributed by atoms with Gasteiger partial charge in [-0.05, 0) is 57.2 Å². The van der Waals surface area contributed by atoms with Crippen LogP contribution in [0.4, 0.5) is 10.5 Å². The molecule has 0 radical (unpaired) electrons. The summed E-state index contributed by atoms with van der Waals surface area (Å²) in [5.74, 6) is 0.334. The molecule has 1 aliphatic carbocycles. The molecule has 160 valence electrons. The first-order chi connectivity index (χ1) is 13.8. The highest BCUT2D eigenvalue weighted by Gasteiger charge is 2.29. The number of urea groups is 1. The van der Waals surface area contributed by atoms with Crippen LogP contribution in [0, 0.1) is 5.92 Å². The molecule has 1 saturated carbocycles. The summed E-state index contributed by atoms with van der Waals surface area (Å²) in [5.41, 5.74) is 1.70. The second-order valence-corrected chi connectivity index (χ2v) is 10.1. The number of nitrogens with one attached hydrogen (secondary N) is 3. The molecule has 3 N–H and O–H groups in total. The molecule has 1 saturated heterocycles. The van der Waals surface area contributed by atoms with Gasteiger partial charge in [-0.15, -0.1) is 0 Å². The fourth-order valence-corrected chi connectivity index (χ4v) is 4.55. The Kier molecular flexibility index (Phi) is 6.79. The number of anilines is 1. The number of rotatable bonds is 7. The molecule has 1 heterocycles. The molecule has 1 aromatic carbocycles. The highest BCUT2D eigenvalue weighted by Crippen LogP contribution is 2.30. The van der Waals surface area contributed by atoms with E-state index in [1.165, 1.54) is 4.31 Å². The second kappa shape index (κ2) is 9.13. The number of benzene rings is 1. The van der Waals surface area contributed by atoms with Gasteiger partial charge in [0.2, 0.25) is 15.9 Å². The van der Waals surface area contributed by atoms with Crippen molar-refractivity contribution in [2.24, 2.45) is 5.92 Å². The maximum absolute atomic E-state index is 12.3. The summed E-state index contributed by atoms with van der Waals surface area (Å²) in [6, 6.07) is 6.98. The molecule has 0 spiro atoms. The molecular formula is C20H30N4O4S. The molecule has 8 nitrogen and oxygen atoms in total. The maximum Gasteiger partial charge on any atom is 0.315 e. The van der Waals surface area contributed by atoms with Crippen molar-refractivity contribution < 1.29 is 18.0 Å². The lowest BCUT2D eigenvalue weighted by molar-refractivity contribution is -0.117. The Balaban J connectivity index is 1.44. The maximum atomic E-state index is 12.3. The number of amides is 3. The summed E-state index contributed by atoms with van der Waals surface area (Å²) < 4.78 is 25.3. The zero-order chi connectivity index (χ0) is 21.0. The topological polar surface area (TPSA) is 108 Å². The van der Waals surface area contributed by atoms with E-state index >= 15 is 0 Å². The van der Waals surface area contributed by atoms with Crippen LogP contribution in [0.15, 0.2) is 24.3 Å². The third-order valence-corrected chi connectivity index (χ3v) is 7.40. The monoisotopic (exact) mass is 422 g/mol. The summed E-state index contributed by atoms with van der Waals surface area (Å²) in [5, 5.41) is 8.75. The molecule has 1 aromatic rings. The van der Waals surface area contributed by atoms with Gasteiger partial charge in [-0.25, -0.2) is 17.5 Å². The van der Waals surface area contributed by atoms with E-state index in [0.717, 1.165) is 24.1 Å². The van der Waals surface area contributed by atoms with E-state index in [2.05, 4.69) is 16.0 Å². The number of hydrogen-bond donors (Lipinski definition) is 3. The van der Waals surface area contributed by atoms with Gasteiger partial charge in [0, 0.05) is 30.7 Å². The third kappa shape index (κ3) is 5.93. The van der Waals surface area contributed by atoms with Crippen LogP contribution in [-0.2, 0) is 14.8 Å². The van der Waals surface area contributed by atoms with Crippen LogP contribution in [0.2, 0.25) is 0 Å². The van der Waals surface area contributed by atoms with Crippen molar-refractivity contribution in [3.05, 3.63) is 29.8 Å². The van der Waals surface area contributed by atoms with Gasteiger partial charge in [0.1, 0.15) is 0 Å². The average Bonchev–Trinajstić information content (AvgIpc) is 3.54. The van der Waals surface area contributed by atoms with Crippen LogP contribution in [0.3, 0.4) is 0 Å². The van der Waals surface area contributed by atoms with Gasteiger partial charge in [-0.3, -0.25) is 4.79 Å². The van der Waals surface area contributed by atoms with Crippen molar-refractivity contribution >= 4 is 27.6 Å². The third-order valence-electron chi connectivity index (χ3n) is 5.52. The lowest BCUT2D eigenvalue weighted by Crippen LogP contribution is -2.49. The molecular weight excluding hydrogens is 392 g/mol. The summed E-state index contributed by atoms with van der Waals surface area (Å²) in [4.78, 5) is 24.1. The fraction of sp³-hybridized carbons (Fsp3) is 0.600. The number of nitrogens with zero attached hydrogens (tertiary/aromatic N) is 1. The van der Waals surface area contributed by atoms with E-state index in [4.69, 9.17) is 0 Å². The standard InChI is InChI=1S/C20H30N4O4S/c1-3-29(27,28)24-12-10-18(11-13-24)23-20(26)21-14(2)15-6-8-17(9-7-15)22-19(25)16-4-5-16/h6-9,14,16,18H,3-5,10-13H2,1-2H3,(H,22,25)(H2,21,23,26)/t14-/m0/s1. The van der Waals surface area contributed by atoms with Crippen molar-refractivity contribution in [1.29, 1.82) is 0 Å². The molecule has 29 heavy (non-hydrogen) atoms. The summed E-state index contributed by atoms with van der Waals surface area (Å²) in [7, 11) is -3.16. The molecule has 9 heteroatoms. The lowest BCUT2D eigenvalue weighted by Gasteiger charge is -2.31. The van der Waals surface area contributed by atoms with Gasteiger partial charge in [0.25, 0.3) is 0 Å². The van der Waals surface area contributed by atoms with Crippen molar-refractivity contribution in [2.75, 3.05) is 24.2 Å². The Hall–Kier alpha value is -2.13. The number of carbonyl (C=O) groups is 2. The quantitative estimate of drug-likeness (QED) is 0.626. The summed E-state index contributed by atoms with van der Waals surface area (Å²) in [6.45, 7) is 4.41. The van der Waals surface area contributed by atoms with Crippen molar-refractivity contribution in [2.45, 2.75) is 51.6 Å². The first kappa shape index (κ1) is 21.6. The van der Waals surface area contributed by atoms with Gasteiger partial charge in [-0.2, -0.15) is 0 Å². The van der Waals surface area contributed by atoms with E-state index in [0.29, 0.717) is 25.9 Å². The van der Waals surface area contributed by atoms with Gasteiger partial charge >= 0.3 is 6.03 Å². The minimum atomic E-state index is -3.16. The molecule has 1 aliphatic heterocycles. The minimum absolute atomic E-state index is 0.0366. The molecule has 0 unspecified atom stereocenters. The lowest BCUT2D eigenvalue weighted by atomic mass is 10.1. The van der Waals surface area contributed by atoms with Crippen LogP contribution in [0.5, 0.6) is 0 Å². The Morgan fingerprint density at radius 1 is 1.10 bits per heavy atom. The van der Waals surface area contributed by atoms with Crippen LogP contribution in [0.25, 0.3) is 0 Å². The fourth-order valence-electron chi connectivity index (χ4n) is 3.41. The first-order valence-electron chi connectivity index (χ1n) is 10.2. The molecule has 3 rings (SSSR count). The van der Waals surface area contributed by atoms with Crippen molar-refractivity contribution in [3.63, 3.8) is 0 Å². The first-order valence-corrected chi connectivity index (χ1v) is 11.8. The van der Waals surface area contributed by atoms with Gasteiger partial charge < -0.3 is 16.0 Å². The second-order valence-electron chi connectivity index (χ2n) is 7.80. The molecule has 2 fully saturated rings. The van der Waals surface area contributed by atoms with Crippen LogP contribution >= 0.6 is 0 Å². The molecule has 0 bridgehead atoms. The molecule has 1 atom stereocenters. The number of carbonyl (C=O) groups excluding carboxylic acids is 2. The van der Waals surface area contributed by atoms with Gasteiger partial charge in [-0.1, -0.05) is 12.1 Å². The SMILES string of the molecule is CCS(=O)(=O)N1CCC(NC(=O)N[C@@H](C)c2ccc(NC(=O)C3CC3)cc2)CC1. The van der Waals surface area contributed by atoms with Crippen LogP contribution < -0.4 is 16.0 Å². The van der Waals surface area contributed by atoms with E-state index in [-0.39, 0.29) is 35.7 Å². The Labute approximate surface area is 172 Å². The normalized spacial score (nSPS) is 19.4. The molecule has 2 aliphatic rings. The van der Waals surface area contributed by atoms with Gasteiger partial charge in [0.15, 0.2) is 0 Å². The van der Waals surface area contributed by atoms with E-state index < -0.39 is 10.0 Å². The largest absolute Gasteiger partial charge is 0.335 e. The highest BCUT2D eigenvalue weighted by molar-refractivity contribution is 7.89. The number of sulfonamides is 1. The predicted molar refractivity (Wildman–Crippen MR) is 112 cm³/mol. The Morgan fingerprint density at radius 3 is 2.28 bits per heavy atom. The summed E-state index contributed by atoms with van der Waals surface area (Å²) >= 11 is 0. The van der Waals surface area contributed by atoms with E-state index in [9.17, 15) is 18.0 Å². The Morgan fingerprint density at radius 2 is 1.72 bits per heavy atom. The number of hydrogen-bond acceptors (Lipinski definition) is 4. The van der Waals surface area contributed by atoms with Crippen LogP contribution in [0.1, 0.15) is 51.1 Å². The minimum Gasteiger partial charge on any atom is -0.335 e. The zero-order valence-corrected chi connectivity index (χ0v) is 17.8. The van der Waals surface area contributed by atoms with E-state index in [1.807, 2.05) is 31.2 Å². The van der Waals surface area contributed by atoms with E-state index in [1.54, 1.807) is 6.92 Å². The van der Waals surface area contributed by atoms with Crippen LogP contribution in [-0.4, -0.2) is 49.5 Å². The predicted octanol–water partition coefficient (Wildman–Crippen LogP) is 2.21. The number of piperidine rings is 1. The highest BCUT2D eigenvalue weighted by atomic mass is 32.2. The smallest absolute Gasteiger partial charge is 0.315 e. The van der Waals surface area contributed by atoms with Crippen molar-refractivity contribution in [3.8, 4) is 0 Å².